The number of hydrogen-bond donors (Lipinski definition) is 1. The number of nitrogens with zero attached hydrogens (tertiary/aromatic N) is 2. The van der Waals surface area contributed by atoms with Crippen LogP contribution in [0.4, 0.5) is 17.1 Å². The molecule has 0 spiro atoms. The average molecular weight is 399 g/mol. The standard InChI is InChI=1S/C21H25N3O5/c1-28-19-11-10-18(24(26)27)14-20(19)29-15-21(25)22-16-6-8-17(9-7-16)23-12-4-2-3-5-13-23/h6-11,14H,2-5,12-13,15H2,1H3,(H,22,25). The third-order valence-corrected chi connectivity index (χ3v) is 4.84. The number of methoxy groups -OCH3 is 1. The summed E-state index contributed by atoms with van der Waals surface area (Å²) in [6.45, 7) is 1.83. The van der Waals surface area contributed by atoms with Crippen molar-refractivity contribution in [3.63, 3.8) is 0 Å². The first-order valence-corrected chi connectivity index (χ1v) is 9.67. The molecular formula is C21H25N3O5. The monoisotopic (exact) mass is 399 g/mol. The highest BCUT2D eigenvalue weighted by atomic mass is 16.6. The summed E-state index contributed by atoms with van der Waals surface area (Å²) in [6.07, 6.45) is 4.97. The van der Waals surface area contributed by atoms with Crippen LogP contribution in [0.2, 0.25) is 0 Å². The predicted octanol–water partition coefficient (Wildman–Crippen LogP) is 4.00. The van der Waals surface area contributed by atoms with Crippen molar-refractivity contribution in [1.29, 1.82) is 0 Å². The molecule has 1 heterocycles. The minimum absolute atomic E-state index is 0.134. The number of ether oxygens (including phenoxy) is 2. The van der Waals surface area contributed by atoms with Gasteiger partial charge in [-0.2, -0.15) is 0 Å². The zero-order chi connectivity index (χ0) is 20.6. The molecule has 0 aliphatic carbocycles. The highest BCUT2D eigenvalue weighted by Crippen LogP contribution is 2.31. The number of amides is 1. The first kappa shape index (κ1) is 20.4. The summed E-state index contributed by atoms with van der Waals surface area (Å²) < 4.78 is 10.6. The Morgan fingerprint density at radius 2 is 1.76 bits per heavy atom. The zero-order valence-corrected chi connectivity index (χ0v) is 16.4. The molecule has 1 aliphatic rings. The van der Waals surface area contributed by atoms with Crippen LogP contribution in [0.5, 0.6) is 11.5 Å². The Morgan fingerprint density at radius 3 is 2.38 bits per heavy atom. The van der Waals surface area contributed by atoms with Crippen LogP contribution in [-0.4, -0.2) is 37.6 Å². The maximum Gasteiger partial charge on any atom is 0.273 e. The molecule has 8 heteroatoms. The van der Waals surface area contributed by atoms with E-state index in [9.17, 15) is 14.9 Å². The van der Waals surface area contributed by atoms with Gasteiger partial charge in [-0.1, -0.05) is 12.8 Å². The second kappa shape index (κ2) is 9.77. The van der Waals surface area contributed by atoms with Crippen LogP contribution in [0.3, 0.4) is 0 Å². The van der Waals surface area contributed by atoms with E-state index in [4.69, 9.17) is 9.47 Å². The second-order valence-corrected chi connectivity index (χ2v) is 6.88. The number of rotatable bonds is 7. The van der Waals surface area contributed by atoms with Crippen LogP contribution in [0.25, 0.3) is 0 Å². The first-order valence-electron chi connectivity index (χ1n) is 9.67. The third kappa shape index (κ3) is 5.60. The number of nitrogens with one attached hydrogen (secondary N) is 1. The maximum absolute atomic E-state index is 12.2. The van der Waals surface area contributed by atoms with E-state index in [-0.39, 0.29) is 24.0 Å². The van der Waals surface area contributed by atoms with E-state index < -0.39 is 4.92 Å². The number of nitro groups is 1. The van der Waals surface area contributed by atoms with Gasteiger partial charge in [0.15, 0.2) is 18.1 Å². The molecule has 2 aromatic carbocycles. The summed E-state index contributed by atoms with van der Waals surface area (Å²) in [5.74, 6) is 0.111. The molecule has 0 aromatic heterocycles. The molecule has 29 heavy (non-hydrogen) atoms. The number of non-ortho nitro benzene ring substituents is 1. The summed E-state index contributed by atoms with van der Waals surface area (Å²) in [4.78, 5) is 25.0. The van der Waals surface area contributed by atoms with Gasteiger partial charge >= 0.3 is 0 Å². The lowest BCUT2D eigenvalue weighted by Crippen LogP contribution is -2.24. The summed E-state index contributed by atoms with van der Waals surface area (Å²) >= 11 is 0. The molecule has 1 N–H and O–H groups in total. The Balaban J connectivity index is 1.57. The Bertz CT molecular complexity index is 846. The van der Waals surface area contributed by atoms with Crippen molar-refractivity contribution in [2.75, 3.05) is 37.0 Å². The minimum Gasteiger partial charge on any atom is -0.493 e. The smallest absolute Gasteiger partial charge is 0.273 e. The summed E-state index contributed by atoms with van der Waals surface area (Å²) in [7, 11) is 1.43. The molecule has 1 amide bonds. The highest BCUT2D eigenvalue weighted by molar-refractivity contribution is 5.92. The molecule has 1 saturated heterocycles. The molecule has 1 fully saturated rings. The van der Waals surface area contributed by atoms with Crippen LogP contribution in [-0.2, 0) is 4.79 Å². The number of carbonyl (C=O) groups excluding carboxylic acids is 1. The van der Waals surface area contributed by atoms with Gasteiger partial charge in [-0.3, -0.25) is 14.9 Å². The fourth-order valence-electron chi connectivity index (χ4n) is 3.32. The number of carbonyl (C=O) groups is 1. The van der Waals surface area contributed by atoms with Crippen molar-refractivity contribution >= 4 is 23.0 Å². The van der Waals surface area contributed by atoms with Crippen molar-refractivity contribution < 1.29 is 19.2 Å². The van der Waals surface area contributed by atoms with E-state index in [0.29, 0.717) is 11.4 Å². The van der Waals surface area contributed by atoms with Gasteiger partial charge in [0, 0.05) is 30.5 Å². The topological polar surface area (TPSA) is 93.9 Å². The summed E-state index contributed by atoms with van der Waals surface area (Å²) in [5, 5.41) is 13.7. The number of anilines is 2. The van der Waals surface area contributed by atoms with Crippen molar-refractivity contribution in [3.8, 4) is 11.5 Å². The van der Waals surface area contributed by atoms with Crippen molar-refractivity contribution in [2.45, 2.75) is 25.7 Å². The average Bonchev–Trinajstić information content (AvgIpc) is 3.02. The maximum atomic E-state index is 12.2. The van der Waals surface area contributed by atoms with E-state index in [1.807, 2.05) is 24.3 Å². The molecule has 2 aromatic rings. The van der Waals surface area contributed by atoms with Gasteiger partial charge in [0.25, 0.3) is 11.6 Å². The van der Waals surface area contributed by atoms with Crippen LogP contribution in [0.15, 0.2) is 42.5 Å². The largest absolute Gasteiger partial charge is 0.493 e. The van der Waals surface area contributed by atoms with E-state index in [1.165, 1.54) is 51.0 Å². The Morgan fingerprint density at radius 1 is 1.07 bits per heavy atom. The van der Waals surface area contributed by atoms with E-state index in [1.54, 1.807) is 0 Å². The molecule has 0 radical (unpaired) electrons. The van der Waals surface area contributed by atoms with Gasteiger partial charge in [0.2, 0.25) is 0 Å². The lowest BCUT2D eigenvalue weighted by molar-refractivity contribution is -0.385. The number of nitro benzene ring substituents is 1. The SMILES string of the molecule is COc1ccc([N+](=O)[O-])cc1OCC(=O)Nc1ccc(N2CCCCCC2)cc1. The normalized spacial score (nSPS) is 14.0. The highest BCUT2D eigenvalue weighted by Gasteiger charge is 2.14. The van der Waals surface area contributed by atoms with Gasteiger partial charge < -0.3 is 19.7 Å². The molecule has 0 bridgehead atoms. The number of benzene rings is 2. The van der Waals surface area contributed by atoms with Crippen LogP contribution >= 0.6 is 0 Å². The van der Waals surface area contributed by atoms with Crippen molar-refractivity contribution in [3.05, 3.63) is 52.6 Å². The lowest BCUT2D eigenvalue weighted by atomic mass is 10.2. The first-order chi connectivity index (χ1) is 14.1. The summed E-state index contributed by atoms with van der Waals surface area (Å²) in [5.41, 5.74) is 1.69. The fourth-order valence-corrected chi connectivity index (χ4v) is 3.32. The Labute approximate surface area is 169 Å². The fraction of sp³-hybridized carbons (Fsp3) is 0.381. The third-order valence-electron chi connectivity index (χ3n) is 4.84. The second-order valence-electron chi connectivity index (χ2n) is 6.88. The van der Waals surface area contributed by atoms with Gasteiger partial charge in [-0.25, -0.2) is 0 Å². The van der Waals surface area contributed by atoms with E-state index in [0.717, 1.165) is 18.8 Å². The van der Waals surface area contributed by atoms with Gasteiger partial charge in [0.05, 0.1) is 18.1 Å². The zero-order valence-electron chi connectivity index (χ0n) is 16.4. The molecule has 1 aliphatic heterocycles. The lowest BCUT2D eigenvalue weighted by Gasteiger charge is -2.22. The number of hydrogen-bond acceptors (Lipinski definition) is 6. The van der Waals surface area contributed by atoms with Gasteiger partial charge in [-0.05, 0) is 43.2 Å². The van der Waals surface area contributed by atoms with E-state index >= 15 is 0 Å². The van der Waals surface area contributed by atoms with Crippen LogP contribution in [0.1, 0.15) is 25.7 Å². The quantitative estimate of drug-likeness (QED) is 0.559. The van der Waals surface area contributed by atoms with Gasteiger partial charge in [-0.15, -0.1) is 0 Å². The molecule has 0 unspecified atom stereocenters. The Kier molecular flexibility index (Phi) is 6.89. The van der Waals surface area contributed by atoms with Crippen LogP contribution in [0, 0.1) is 10.1 Å². The molecule has 8 nitrogen and oxygen atoms in total. The molecular weight excluding hydrogens is 374 g/mol. The predicted molar refractivity (Wildman–Crippen MR) is 111 cm³/mol. The van der Waals surface area contributed by atoms with Gasteiger partial charge in [0.1, 0.15) is 0 Å². The van der Waals surface area contributed by atoms with Crippen molar-refractivity contribution in [2.24, 2.45) is 0 Å². The van der Waals surface area contributed by atoms with Crippen molar-refractivity contribution in [1.82, 2.24) is 0 Å². The molecule has 3 rings (SSSR count). The molecule has 154 valence electrons. The van der Waals surface area contributed by atoms with E-state index in [2.05, 4.69) is 10.2 Å². The van der Waals surface area contributed by atoms with Crippen LogP contribution < -0.4 is 19.7 Å². The molecule has 0 atom stereocenters. The Hall–Kier alpha value is -3.29. The molecule has 0 saturated carbocycles. The minimum atomic E-state index is -0.530. The summed E-state index contributed by atoms with van der Waals surface area (Å²) in [6, 6.07) is 11.7.